The number of amides is 2. The molecule has 0 saturated carbocycles. The fraction of sp³-hybridized carbons (Fsp3) is 0.286. The van der Waals surface area contributed by atoms with Gasteiger partial charge in [-0.25, -0.2) is 0 Å². The van der Waals surface area contributed by atoms with Crippen molar-refractivity contribution in [2.75, 3.05) is 30.0 Å². The minimum atomic E-state index is -0.618. The van der Waals surface area contributed by atoms with Gasteiger partial charge in [0.2, 0.25) is 5.91 Å². The molecule has 0 aromatic heterocycles. The van der Waals surface area contributed by atoms with E-state index >= 15 is 0 Å². The average Bonchev–Trinajstić information content (AvgIpc) is 3.09. The van der Waals surface area contributed by atoms with Crippen LogP contribution in [-0.4, -0.2) is 37.5 Å². The van der Waals surface area contributed by atoms with Gasteiger partial charge in [0.05, 0.1) is 12.5 Å². The second-order valence-electron chi connectivity index (χ2n) is 6.50. The molecule has 2 aromatic rings. The molecule has 2 aromatic carbocycles. The zero-order valence-electron chi connectivity index (χ0n) is 15.9. The maximum atomic E-state index is 12.3. The number of anilines is 2. The summed E-state index contributed by atoms with van der Waals surface area (Å²) in [6.45, 7) is 2.23. The largest absolute Gasteiger partial charge is 0.494 e. The summed E-state index contributed by atoms with van der Waals surface area (Å²) in [5.74, 6) is -1.13. The smallest absolute Gasteiger partial charge is 0.311 e. The van der Waals surface area contributed by atoms with E-state index in [1.165, 1.54) is 4.90 Å². The maximum absolute atomic E-state index is 12.3. The monoisotopic (exact) mass is 416 g/mol. The van der Waals surface area contributed by atoms with Crippen molar-refractivity contribution < 1.29 is 23.9 Å². The van der Waals surface area contributed by atoms with Gasteiger partial charge in [-0.05, 0) is 49.4 Å². The number of esters is 1. The van der Waals surface area contributed by atoms with Crippen LogP contribution in [0.3, 0.4) is 0 Å². The molecule has 1 atom stereocenters. The van der Waals surface area contributed by atoms with Crippen LogP contribution in [0.1, 0.15) is 13.3 Å². The Kier molecular flexibility index (Phi) is 6.72. The van der Waals surface area contributed by atoms with Gasteiger partial charge in [0.25, 0.3) is 5.91 Å². The molecule has 0 radical (unpaired) electrons. The van der Waals surface area contributed by atoms with E-state index in [4.69, 9.17) is 21.1 Å². The van der Waals surface area contributed by atoms with Crippen LogP contribution >= 0.6 is 11.6 Å². The van der Waals surface area contributed by atoms with Crippen molar-refractivity contribution in [1.82, 2.24) is 0 Å². The molecule has 0 bridgehead atoms. The number of nitrogens with one attached hydrogen (secondary N) is 1. The molecular weight excluding hydrogens is 396 g/mol. The van der Waals surface area contributed by atoms with E-state index in [0.717, 1.165) is 0 Å². The minimum absolute atomic E-state index is 0.0436. The summed E-state index contributed by atoms with van der Waals surface area (Å²) in [5, 5.41) is 3.08. The summed E-state index contributed by atoms with van der Waals surface area (Å²) in [4.78, 5) is 38.1. The quantitative estimate of drug-likeness (QED) is 0.700. The zero-order chi connectivity index (χ0) is 20.8. The lowest BCUT2D eigenvalue weighted by Gasteiger charge is -2.17. The predicted molar refractivity (Wildman–Crippen MR) is 109 cm³/mol. The van der Waals surface area contributed by atoms with Crippen LogP contribution in [0.25, 0.3) is 0 Å². The third-order valence-corrected chi connectivity index (χ3v) is 4.61. The highest BCUT2D eigenvalue weighted by atomic mass is 35.5. The van der Waals surface area contributed by atoms with Gasteiger partial charge >= 0.3 is 5.97 Å². The van der Waals surface area contributed by atoms with Crippen molar-refractivity contribution in [3.8, 4) is 5.75 Å². The van der Waals surface area contributed by atoms with Gasteiger partial charge in [0.15, 0.2) is 6.61 Å². The molecule has 1 saturated heterocycles. The van der Waals surface area contributed by atoms with Gasteiger partial charge < -0.3 is 19.7 Å². The van der Waals surface area contributed by atoms with E-state index in [0.29, 0.717) is 28.8 Å². The Balaban J connectivity index is 1.51. The van der Waals surface area contributed by atoms with Gasteiger partial charge in [0.1, 0.15) is 5.75 Å². The first-order chi connectivity index (χ1) is 14.0. The molecule has 1 aliphatic rings. The van der Waals surface area contributed by atoms with Gasteiger partial charge in [-0.1, -0.05) is 17.7 Å². The Morgan fingerprint density at radius 3 is 2.66 bits per heavy atom. The standard InChI is InChI=1S/C21H21ClN2O5/c1-2-28-18-8-6-17(7-9-18)24-12-14(10-20(24)26)21(27)29-13-19(25)23-16-5-3-4-15(22)11-16/h3-9,11,14H,2,10,12-13H2,1H3,(H,23,25)/t14-/m0/s1. The summed E-state index contributed by atoms with van der Waals surface area (Å²) in [6.07, 6.45) is 0.0436. The van der Waals surface area contributed by atoms with E-state index in [1.54, 1.807) is 48.5 Å². The van der Waals surface area contributed by atoms with Gasteiger partial charge in [0, 0.05) is 29.4 Å². The Bertz CT molecular complexity index is 900. The molecule has 1 fully saturated rings. The number of hydrogen-bond donors (Lipinski definition) is 1. The number of halogens is 1. The Labute approximate surface area is 173 Å². The van der Waals surface area contributed by atoms with E-state index in [2.05, 4.69) is 5.32 Å². The van der Waals surface area contributed by atoms with E-state index < -0.39 is 24.4 Å². The lowest BCUT2D eigenvalue weighted by molar-refractivity contribution is -0.151. The maximum Gasteiger partial charge on any atom is 0.311 e. The molecule has 1 N–H and O–H groups in total. The molecule has 152 valence electrons. The molecule has 8 heteroatoms. The number of carbonyl (C=O) groups excluding carboxylic acids is 3. The Hall–Kier alpha value is -3.06. The number of nitrogens with zero attached hydrogens (tertiary/aromatic N) is 1. The highest BCUT2D eigenvalue weighted by Gasteiger charge is 2.36. The number of ether oxygens (including phenoxy) is 2. The second-order valence-corrected chi connectivity index (χ2v) is 6.93. The van der Waals surface area contributed by atoms with Crippen molar-refractivity contribution in [3.63, 3.8) is 0 Å². The van der Waals surface area contributed by atoms with Gasteiger partial charge in [-0.3, -0.25) is 14.4 Å². The highest BCUT2D eigenvalue weighted by molar-refractivity contribution is 6.30. The fourth-order valence-corrected chi connectivity index (χ4v) is 3.21. The minimum Gasteiger partial charge on any atom is -0.494 e. The zero-order valence-corrected chi connectivity index (χ0v) is 16.6. The highest BCUT2D eigenvalue weighted by Crippen LogP contribution is 2.27. The first-order valence-electron chi connectivity index (χ1n) is 9.21. The Morgan fingerprint density at radius 1 is 1.21 bits per heavy atom. The van der Waals surface area contributed by atoms with Crippen molar-refractivity contribution in [3.05, 3.63) is 53.6 Å². The summed E-state index contributed by atoms with van der Waals surface area (Å²) < 4.78 is 10.5. The molecule has 0 unspecified atom stereocenters. The molecule has 2 amide bonds. The van der Waals surface area contributed by atoms with Crippen molar-refractivity contribution in [1.29, 1.82) is 0 Å². The number of rotatable bonds is 7. The molecular formula is C21H21ClN2O5. The molecule has 1 heterocycles. The first-order valence-corrected chi connectivity index (χ1v) is 9.59. The predicted octanol–water partition coefficient (Wildman–Crippen LogP) is 3.27. The fourth-order valence-electron chi connectivity index (χ4n) is 3.02. The lowest BCUT2D eigenvalue weighted by atomic mass is 10.1. The van der Waals surface area contributed by atoms with Crippen molar-refractivity contribution >= 4 is 40.8 Å². The van der Waals surface area contributed by atoms with Gasteiger partial charge in [-0.15, -0.1) is 0 Å². The summed E-state index contributed by atoms with van der Waals surface area (Å²) in [5.41, 5.74) is 1.20. The number of benzene rings is 2. The molecule has 7 nitrogen and oxygen atoms in total. The van der Waals surface area contributed by atoms with Crippen molar-refractivity contribution in [2.45, 2.75) is 13.3 Å². The summed E-state index contributed by atoms with van der Waals surface area (Å²) in [7, 11) is 0. The topological polar surface area (TPSA) is 84.9 Å². The summed E-state index contributed by atoms with van der Waals surface area (Å²) in [6, 6.07) is 13.7. The third kappa shape index (κ3) is 5.48. The normalized spacial score (nSPS) is 15.9. The van der Waals surface area contributed by atoms with Crippen LogP contribution in [-0.2, 0) is 19.1 Å². The first kappa shape index (κ1) is 20.7. The van der Waals surface area contributed by atoms with Crippen LogP contribution in [0.15, 0.2) is 48.5 Å². The van der Waals surface area contributed by atoms with Crippen molar-refractivity contribution in [2.24, 2.45) is 5.92 Å². The number of hydrogen-bond acceptors (Lipinski definition) is 5. The van der Waals surface area contributed by atoms with Crippen LogP contribution in [0.2, 0.25) is 5.02 Å². The van der Waals surface area contributed by atoms with Crippen LogP contribution in [0.5, 0.6) is 5.75 Å². The third-order valence-electron chi connectivity index (χ3n) is 4.37. The van der Waals surface area contributed by atoms with E-state index in [1.807, 2.05) is 6.92 Å². The number of carbonyl (C=O) groups is 3. The van der Waals surface area contributed by atoms with Crippen LogP contribution in [0, 0.1) is 5.92 Å². The SMILES string of the molecule is CCOc1ccc(N2C[C@@H](C(=O)OCC(=O)Nc3cccc(Cl)c3)CC2=O)cc1. The van der Waals surface area contributed by atoms with Gasteiger partial charge in [-0.2, -0.15) is 0 Å². The van der Waals surface area contributed by atoms with Crippen LogP contribution < -0.4 is 15.0 Å². The summed E-state index contributed by atoms with van der Waals surface area (Å²) >= 11 is 5.86. The molecule has 29 heavy (non-hydrogen) atoms. The molecule has 1 aliphatic heterocycles. The average molecular weight is 417 g/mol. The van der Waals surface area contributed by atoms with E-state index in [9.17, 15) is 14.4 Å². The Morgan fingerprint density at radius 2 is 1.97 bits per heavy atom. The molecule has 3 rings (SSSR count). The van der Waals surface area contributed by atoms with Crippen LogP contribution in [0.4, 0.5) is 11.4 Å². The molecule has 0 aliphatic carbocycles. The lowest BCUT2D eigenvalue weighted by Crippen LogP contribution is -2.28. The van der Waals surface area contributed by atoms with E-state index in [-0.39, 0.29) is 18.9 Å². The molecule has 0 spiro atoms. The second kappa shape index (κ2) is 9.43.